The van der Waals surface area contributed by atoms with Gasteiger partial charge in [0.15, 0.2) is 9.84 Å². The maximum atomic E-state index is 12.6. The van der Waals surface area contributed by atoms with Gasteiger partial charge in [-0.1, -0.05) is 26.3 Å². The third kappa shape index (κ3) is 3.61. The Labute approximate surface area is 122 Å². The quantitative estimate of drug-likeness (QED) is 0.841. The summed E-state index contributed by atoms with van der Waals surface area (Å²) in [5, 5.41) is 3.28. The Morgan fingerprint density at radius 1 is 1.20 bits per heavy atom. The zero-order valence-electron chi connectivity index (χ0n) is 12.5. The van der Waals surface area contributed by atoms with Crippen LogP contribution in [0.3, 0.4) is 0 Å². The van der Waals surface area contributed by atoms with E-state index in [0.717, 1.165) is 38.6 Å². The Bertz CT molecular complexity index is 546. The summed E-state index contributed by atoms with van der Waals surface area (Å²) in [4.78, 5) is 0.497. The number of benzene rings is 1. The molecular formula is C16H25NO2S. The highest BCUT2D eigenvalue weighted by atomic mass is 32.2. The molecule has 0 saturated carbocycles. The maximum Gasteiger partial charge on any atom is 0.179 e. The van der Waals surface area contributed by atoms with Crippen LogP contribution in [-0.4, -0.2) is 26.8 Å². The first-order chi connectivity index (χ1) is 9.56. The molecule has 2 rings (SSSR count). The number of fused-ring (bicyclic) bond motifs is 1. The normalized spacial score (nSPS) is 16.1. The molecular weight excluding hydrogens is 270 g/mol. The Morgan fingerprint density at radius 3 is 2.65 bits per heavy atom. The lowest BCUT2D eigenvalue weighted by Crippen LogP contribution is -2.35. The van der Waals surface area contributed by atoms with E-state index >= 15 is 0 Å². The molecule has 0 amide bonds. The Morgan fingerprint density at radius 2 is 1.95 bits per heavy atom. The summed E-state index contributed by atoms with van der Waals surface area (Å²) in [7, 11) is -3.19. The molecule has 1 N–H and O–H groups in total. The second-order valence-corrected chi connectivity index (χ2v) is 7.64. The van der Waals surface area contributed by atoms with Crippen LogP contribution in [0.5, 0.6) is 0 Å². The molecule has 0 radical (unpaired) electrons. The Kier molecular flexibility index (Phi) is 5.22. The van der Waals surface area contributed by atoms with E-state index in [-0.39, 0.29) is 11.8 Å². The van der Waals surface area contributed by atoms with Crippen LogP contribution in [0.1, 0.15) is 44.2 Å². The van der Waals surface area contributed by atoms with Crippen LogP contribution >= 0.6 is 0 Å². The Balaban J connectivity index is 2.17. The molecule has 0 aromatic heterocycles. The summed E-state index contributed by atoms with van der Waals surface area (Å²) in [5.74, 6) is 0.202. The topological polar surface area (TPSA) is 46.2 Å². The van der Waals surface area contributed by atoms with Crippen molar-refractivity contribution in [2.24, 2.45) is 0 Å². The number of rotatable bonds is 7. The molecule has 3 nitrogen and oxygen atoms in total. The number of sulfone groups is 1. The largest absolute Gasteiger partial charge is 0.313 e. The van der Waals surface area contributed by atoms with Crippen LogP contribution < -0.4 is 5.32 Å². The van der Waals surface area contributed by atoms with Crippen molar-refractivity contribution in [2.45, 2.75) is 56.9 Å². The van der Waals surface area contributed by atoms with Crippen molar-refractivity contribution in [1.29, 1.82) is 0 Å². The fourth-order valence-electron chi connectivity index (χ4n) is 2.98. The first-order valence-electron chi connectivity index (χ1n) is 7.64. The second kappa shape index (κ2) is 6.72. The van der Waals surface area contributed by atoms with E-state index in [0.29, 0.717) is 4.90 Å². The van der Waals surface area contributed by atoms with Gasteiger partial charge in [-0.25, -0.2) is 8.42 Å². The van der Waals surface area contributed by atoms with Crippen LogP contribution in [0.2, 0.25) is 0 Å². The van der Waals surface area contributed by atoms with Gasteiger partial charge in [-0.05, 0) is 55.5 Å². The van der Waals surface area contributed by atoms with Gasteiger partial charge in [-0.2, -0.15) is 0 Å². The molecule has 0 bridgehead atoms. The van der Waals surface area contributed by atoms with Gasteiger partial charge < -0.3 is 5.32 Å². The fraction of sp³-hybridized carbons (Fsp3) is 0.625. The first kappa shape index (κ1) is 15.5. The zero-order chi connectivity index (χ0) is 14.6. The predicted octanol–water partition coefficient (Wildman–Crippen LogP) is 2.73. The lowest BCUT2D eigenvalue weighted by Gasteiger charge is -2.17. The third-order valence-electron chi connectivity index (χ3n) is 3.98. The zero-order valence-corrected chi connectivity index (χ0v) is 13.3. The molecule has 0 aliphatic heterocycles. The molecule has 0 spiro atoms. The SMILES string of the molecule is CCCC(CS(=O)(=O)c1ccc2c(c1)CCC2)NCC. The van der Waals surface area contributed by atoms with Crippen LogP contribution in [0, 0.1) is 0 Å². The lowest BCUT2D eigenvalue weighted by atomic mass is 10.1. The van der Waals surface area contributed by atoms with E-state index < -0.39 is 9.84 Å². The number of aryl methyl sites for hydroxylation is 2. The highest BCUT2D eigenvalue weighted by Gasteiger charge is 2.22. The van der Waals surface area contributed by atoms with Crippen LogP contribution in [0.4, 0.5) is 0 Å². The van der Waals surface area contributed by atoms with Crippen LogP contribution in [0.15, 0.2) is 23.1 Å². The standard InChI is InChI=1S/C16H25NO2S/c1-3-6-15(17-4-2)12-20(18,19)16-10-9-13-7-5-8-14(13)11-16/h9-11,15,17H,3-8,12H2,1-2H3. The van der Waals surface area contributed by atoms with Gasteiger partial charge in [0, 0.05) is 6.04 Å². The van der Waals surface area contributed by atoms with Crippen LogP contribution in [0.25, 0.3) is 0 Å². The van der Waals surface area contributed by atoms with E-state index in [1.807, 2.05) is 19.1 Å². The summed E-state index contributed by atoms with van der Waals surface area (Å²) >= 11 is 0. The van der Waals surface area contributed by atoms with Gasteiger partial charge in [-0.3, -0.25) is 0 Å². The number of hydrogen-bond acceptors (Lipinski definition) is 3. The van der Waals surface area contributed by atoms with E-state index in [1.165, 1.54) is 11.1 Å². The Hall–Kier alpha value is -0.870. The average molecular weight is 295 g/mol. The molecule has 1 atom stereocenters. The van der Waals surface area contributed by atoms with Crippen molar-refractivity contribution in [2.75, 3.05) is 12.3 Å². The molecule has 0 saturated heterocycles. The van der Waals surface area contributed by atoms with Gasteiger partial charge in [-0.15, -0.1) is 0 Å². The monoisotopic (exact) mass is 295 g/mol. The second-order valence-electron chi connectivity index (χ2n) is 5.61. The van der Waals surface area contributed by atoms with Gasteiger partial charge in [0.2, 0.25) is 0 Å². The third-order valence-corrected chi connectivity index (χ3v) is 5.79. The van der Waals surface area contributed by atoms with E-state index in [1.54, 1.807) is 6.07 Å². The van der Waals surface area contributed by atoms with E-state index in [2.05, 4.69) is 12.2 Å². The number of nitrogens with one attached hydrogen (secondary N) is 1. The minimum atomic E-state index is -3.19. The molecule has 112 valence electrons. The maximum absolute atomic E-state index is 12.6. The molecule has 20 heavy (non-hydrogen) atoms. The van der Waals surface area contributed by atoms with Gasteiger partial charge in [0.1, 0.15) is 0 Å². The molecule has 1 aromatic rings. The van der Waals surface area contributed by atoms with E-state index in [4.69, 9.17) is 0 Å². The molecule has 4 heteroatoms. The fourth-order valence-corrected chi connectivity index (χ4v) is 4.59. The van der Waals surface area contributed by atoms with E-state index in [9.17, 15) is 8.42 Å². The molecule has 0 heterocycles. The van der Waals surface area contributed by atoms with Gasteiger partial charge in [0.25, 0.3) is 0 Å². The van der Waals surface area contributed by atoms with Crippen molar-refractivity contribution in [3.63, 3.8) is 0 Å². The highest BCUT2D eigenvalue weighted by Crippen LogP contribution is 2.25. The smallest absolute Gasteiger partial charge is 0.179 e. The predicted molar refractivity (Wildman–Crippen MR) is 82.9 cm³/mol. The summed E-state index contributed by atoms with van der Waals surface area (Å²) in [6, 6.07) is 5.74. The van der Waals surface area contributed by atoms with Crippen molar-refractivity contribution < 1.29 is 8.42 Å². The summed E-state index contributed by atoms with van der Waals surface area (Å²) in [5.41, 5.74) is 2.54. The van der Waals surface area contributed by atoms with Crippen LogP contribution in [-0.2, 0) is 22.7 Å². The summed E-state index contributed by atoms with van der Waals surface area (Å²) in [6.07, 6.45) is 5.15. The number of hydrogen-bond donors (Lipinski definition) is 1. The molecule has 1 aromatic carbocycles. The molecule has 1 aliphatic carbocycles. The van der Waals surface area contributed by atoms with Crippen molar-refractivity contribution in [3.8, 4) is 0 Å². The minimum absolute atomic E-state index is 0.0586. The lowest BCUT2D eigenvalue weighted by molar-refractivity contribution is 0.512. The molecule has 1 unspecified atom stereocenters. The van der Waals surface area contributed by atoms with Crippen molar-refractivity contribution in [1.82, 2.24) is 5.32 Å². The van der Waals surface area contributed by atoms with Gasteiger partial charge >= 0.3 is 0 Å². The summed E-state index contributed by atoms with van der Waals surface area (Å²) < 4.78 is 25.1. The highest BCUT2D eigenvalue weighted by molar-refractivity contribution is 7.91. The first-order valence-corrected chi connectivity index (χ1v) is 9.30. The van der Waals surface area contributed by atoms with Gasteiger partial charge in [0.05, 0.1) is 10.6 Å². The molecule has 1 aliphatic rings. The molecule has 0 fully saturated rings. The average Bonchev–Trinajstić information content (AvgIpc) is 2.86. The van der Waals surface area contributed by atoms with Crippen molar-refractivity contribution in [3.05, 3.63) is 29.3 Å². The van der Waals surface area contributed by atoms with Crippen molar-refractivity contribution >= 4 is 9.84 Å². The minimum Gasteiger partial charge on any atom is -0.313 e. The summed E-state index contributed by atoms with van der Waals surface area (Å²) in [6.45, 7) is 4.92.